The summed E-state index contributed by atoms with van der Waals surface area (Å²) in [7, 11) is 3.41. The van der Waals surface area contributed by atoms with Gasteiger partial charge < -0.3 is 10.2 Å². The third-order valence-corrected chi connectivity index (χ3v) is 9.44. The minimum absolute atomic E-state index is 0.0194. The van der Waals surface area contributed by atoms with Gasteiger partial charge in [-0.1, -0.05) is 62.3 Å². The highest BCUT2D eigenvalue weighted by Crippen LogP contribution is 2.67. The third-order valence-electron chi connectivity index (χ3n) is 6.35. The number of phenols is 2. The van der Waals surface area contributed by atoms with Crippen LogP contribution in [-0.2, 0) is 15.6 Å². The molecule has 0 fully saturated rings. The van der Waals surface area contributed by atoms with E-state index in [4.69, 9.17) is 0 Å². The normalized spacial score (nSPS) is 23.3. The summed E-state index contributed by atoms with van der Waals surface area (Å²) in [5, 5.41) is 21.7. The predicted octanol–water partition coefficient (Wildman–Crippen LogP) is 6.46. The van der Waals surface area contributed by atoms with E-state index in [0.717, 1.165) is 28.9 Å². The molecule has 0 aromatic heterocycles. The minimum atomic E-state index is -0.427. The van der Waals surface area contributed by atoms with E-state index in [1.54, 1.807) is 21.6 Å². The number of rotatable bonds is 2. The Morgan fingerprint density at radius 2 is 1.81 bits per heavy atom. The summed E-state index contributed by atoms with van der Waals surface area (Å²) >= 11 is 0. The van der Waals surface area contributed by atoms with Crippen molar-refractivity contribution in [2.45, 2.75) is 67.9 Å². The van der Waals surface area contributed by atoms with Gasteiger partial charge in [0.2, 0.25) is 0 Å². The molecule has 26 heavy (non-hydrogen) atoms. The van der Waals surface area contributed by atoms with Crippen LogP contribution < -0.4 is 0 Å². The van der Waals surface area contributed by atoms with E-state index in [9.17, 15) is 10.2 Å². The zero-order chi connectivity index (χ0) is 18.9. The van der Waals surface area contributed by atoms with Crippen molar-refractivity contribution in [3.8, 4) is 11.5 Å². The summed E-state index contributed by atoms with van der Waals surface area (Å²) in [4.78, 5) is 0.939. The fourth-order valence-corrected chi connectivity index (χ4v) is 7.46. The zero-order valence-corrected chi connectivity index (χ0v) is 17.6. The van der Waals surface area contributed by atoms with E-state index in [1.165, 1.54) is 11.1 Å². The zero-order valence-electron chi connectivity index (χ0n) is 16.0. The molecule has 4 rings (SSSR count). The van der Waals surface area contributed by atoms with Crippen LogP contribution in [0.1, 0.15) is 69.7 Å². The van der Waals surface area contributed by atoms with Gasteiger partial charge in [0.25, 0.3) is 0 Å². The van der Waals surface area contributed by atoms with Gasteiger partial charge in [-0.05, 0) is 59.1 Å². The number of fused-ring (bicyclic) bond motifs is 6. The maximum absolute atomic E-state index is 11.0. The molecule has 2 aromatic carbocycles. The van der Waals surface area contributed by atoms with Crippen LogP contribution in [0.2, 0.25) is 0 Å². The standard InChI is InChI=1S/C22H26O2S2/c1-6-20(2,3)14-10-16-19(24)18(11-14)25-26-22(16)12-21(4,5)13-7-8-17(23)15(22)9-13/h7-11,23-24H,6,12H2,1-5H3/t22-/m1/s1. The van der Waals surface area contributed by atoms with E-state index in [0.29, 0.717) is 11.5 Å². The molecule has 2 nitrogen and oxygen atoms in total. The molecular weight excluding hydrogens is 360 g/mol. The van der Waals surface area contributed by atoms with Crippen LogP contribution in [0.3, 0.4) is 0 Å². The van der Waals surface area contributed by atoms with E-state index in [-0.39, 0.29) is 10.8 Å². The first-order valence-corrected chi connectivity index (χ1v) is 11.3. The van der Waals surface area contributed by atoms with E-state index in [2.05, 4.69) is 52.8 Å². The van der Waals surface area contributed by atoms with Crippen molar-refractivity contribution in [1.82, 2.24) is 0 Å². The highest BCUT2D eigenvalue weighted by molar-refractivity contribution is 8.77. The molecule has 1 heterocycles. The lowest BCUT2D eigenvalue weighted by Crippen LogP contribution is -2.38. The van der Waals surface area contributed by atoms with Crippen LogP contribution in [0.15, 0.2) is 35.2 Å². The minimum Gasteiger partial charge on any atom is -0.508 e. The molecule has 0 amide bonds. The third kappa shape index (κ3) is 2.41. The highest BCUT2D eigenvalue weighted by atomic mass is 33.1. The number of phenolic OH excluding ortho intramolecular Hbond substituents is 2. The fourth-order valence-electron chi connectivity index (χ4n) is 4.15. The molecule has 2 N–H and O–H groups in total. The van der Waals surface area contributed by atoms with Crippen molar-refractivity contribution >= 4 is 21.6 Å². The summed E-state index contributed by atoms with van der Waals surface area (Å²) in [6.45, 7) is 11.2. The SMILES string of the molecule is CCC(C)(C)c1cc2c(O)c(c1)[C@]1(CC(C)(C)c3ccc(O)c1c3)SS2. The maximum Gasteiger partial charge on any atom is 0.134 e. The Hall–Kier alpha value is -1.26. The van der Waals surface area contributed by atoms with Gasteiger partial charge >= 0.3 is 0 Å². The number of hydrogen-bond acceptors (Lipinski definition) is 4. The summed E-state index contributed by atoms with van der Waals surface area (Å²) in [6.07, 6.45) is 1.89. The highest BCUT2D eigenvalue weighted by Gasteiger charge is 2.50. The first-order valence-electron chi connectivity index (χ1n) is 9.18. The van der Waals surface area contributed by atoms with Crippen molar-refractivity contribution < 1.29 is 10.2 Å². The average Bonchev–Trinajstić information content (AvgIpc) is 2.57. The van der Waals surface area contributed by atoms with Crippen molar-refractivity contribution in [3.63, 3.8) is 0 Å². The molecule has 4 bridgehead atoms. The lowest BCUT2D eigenvalue weighted by molar-refractivity contribution is 0.377. The van der Waals surface area contributed by atoms with Crippen molar-refractivity contribution in [2.24, 2.45) is 0 Å². The number of benzene rings is 2. The topological polar surface area (TPSA) is 40.5 Å². The fraction of sp³-hybridized carbons (Fsp3) is 0.455. The van der Waals surface area contributed by atoms with Crippen LogP contribution >= 0.6 is 21.6 Å². The van der Waals surface area contributed by atoms with E-state index < -0.39 is 4.75 Å². The molecule has 0 saturated heterocycles. The van der Waals surface area contributed by atoms with E-state index >= 15 is 0 Å². The Balaban J connectivity index is 2.01. The van der Waals surface area contributed by atoms with Crippen LogP contribution in [0.5, 0.6) is 11.5 Å². The van der Waals surface area contributed by atoms with Crippen LogP contribution in [0.4, 0.5) is 0 Å². The quantitative estimate of drug-likeness (QED) is 0.581. The molecule has 4 heteroatoms. The van der Waals surface area contributed by atoms with Crippen LogP contribution in [-0.4, -0.2) is 10.2 Å². The molecule has 0 radical (unpaired) electrons. The smallest absolute Gasteiger partial charge is 0.134 e. The van der Waals surface area contributed by atoms with Gasteiger partial charge in [0.1, 0.15) is 11.5 Å². The number of hydrogen-bond donors (Lipinski definition) is 2. The Morgan fingerprint density at radius 1 is 1.08 bits per heavy atom. The molecule has 1 aliphatic carbocycles. The van der Waals surface area contributed by atoms with Gasteiger partial charge in [-0.25, -0.2) is 0 Å². The van der Waals surface area contributed by atoms with Gasteiger partial charge in [-0.2, -0.15) is 0 Å². The number of aromatic hydroxyl groups is 2. The molecule has 1 spiro atoms. The largest absolute Gasteiger partial charge is 0.508 e. The lowest BCUT2D eigenvalue weighted by atomic mass is 9.66. The lowest BCUT2D eigenvalue weighted by Gasteiger charge is -2.47. The van der Waals surface area contributed by atoms with Crippen molar-refractivity contribution in [2.75, 3.05) is 0 Å². The molecule has 1 aliphatic heterocycles. The monoisotopic (exact) mass is 386 g/mol. The first kappa shape index (κ1) is 18.1. The molecular formula is C22H26O2S2. The van der Waals surface area contributed by atoms with Crippen molar-refractivity contribution in [1.29, 1.82) is 0 Å². The Kier molecular flexibility index (Phi) is 3.92. The summed E-state index contributed by atoms with van der Waals surface area (Å²) in [5.41, 5.74) is 4.42. The maximum atomic E-state index is 11.0. The molecule has 0 unspecified atom stereocenters. The Bertz CT molecular complexity index is 901. The van der Waals surface area contributed by atoms with Gasteiger partial charge in [-0.15, -0.1) is 0 Å². The van der Waals surface area contributed by atoms with Crippen molar-refractivity contribution in [3.05, 3.63) is 52.6 Å². The van der Waals surface area contributed by atoms with Crippen LogP contribution in [0, 0.1) is 0 Å². The Morgan fingerprint density at radius 3 is 2.50 bits per heavy atom. The van der Waals surface area contributed by atoms with Crippen LogP contribution in [0.25, 0.3) is 0 Å². The van der Waals surface area contributed by atoms with Gasteiger partial charge in [0.05, 0.1) is 9.64 Å². The summed E-state index contributed by atoms with van der Waals surface area (Å²) in [6, 6.07) is 10.3. The second-order valence-corrected chi connectivity index (χ2v) is 11.4. The molecule has 2 aliphatic rings. The average molecular weight is 387 g/mol. The van der Waals surface area contributed by atoms with E-state index in [1.807, 2.05) is 12.1 Å². The first-order chi connectivity index (χ1) is 12.1. The summed E-state index contributed by atoms with van der Waals surface area (Å²) < 4.78 is -0.427. The van der Waals surface area contributed by atoms with Gasteiger partial charge in [0, 0.05) is 11.1 Å². The molecule has 1 atom stereocenters. The molecule has 138 valence electrons. The molecule has 2 aromatic rings. The summed E-state index contributed by atoms with van der Waals surface area (Å²) in [5.74, 6) is 0.701. The second kappa shape index (κ2) is 5.62. The molecule has 0 saturated carbocycles. The second-order valence-electron chi connectivity index (χ2n) is 8.89. The predicted molar refractivity (Wildman–Crippen MR) is 111 cm³/mol. The van der Waals surface area contributed by atoms with Gasteiger partial charge in [0.15, 0.2) is 0 Å². The Labute approximate surface area is 163 Å². The van der Waals surface area contributed by atoms with Gasteiger partial charge in [-0.3, -0.25) is 0 Å².